The molecule has 126 valence electrons. The van der Waals surface area contributed by atoms with Gasteiger partial charge in [-0.3, -0.25) is 4.79 Å². The first-order valence-corrected chi connectivity index (χ1v) is 8.34. The molecule has 3 aliphatic rings. The van der Waals surface area contributed by atoms with Crippen LogP contribution >= 0.6 is 0 Å². The van der Waals surface area contributed by atoms with E-state index in [4.69, 9.17) is 9.47 Å². The topological polar surface area (TPSA) is 52.6 Å². The normalized spacial score (nSPS) is 46.0. The van der Waals surface area contributed by atoms with E-state index in [0.717, 1.165) is 24.8 Å². The van der Waals surface area contributed by atoms with Crippen LogP contribution in [-0.2, 0) is 19.1 Å². The SMILES string of the molecule is C=C1C(=O)O[C@H]2[C@H]1CC[C@](C)(OC(C)=O)[C@]1(C)CCC(=C)[C@]21C. The molecule has 1 aliphatic heterocycles. The average molecular weight is 318 g/mol. The first-order chi connectivity index (χ1) is 10.6. The standard InChI is InChI=1S/C19H26O4/c1-11-7-9-17(4)18(5,23-13(3)20)10-8-14-12(2)16(21)22-15(14)19(11,17)6/h14-15H,1-2,7-10H2,3-6H3/t14-,15-,17-,18-,19+/m0/s1. The fourth-order valence-electron chi connectivity index (χ4n) is 5.28. The van der Waals surface area contributed by atoms with E-state index < -0.39 is 11.0 Å². The monoisotopic (exact) mass is 318 g/mol. The number of carbonyl (C=O) groups is 2. The van der Waals surface area contributed by atoms with Crippen LogP contribution < -0.4 is 0 Å². The van der Waals surface area contributed by atoms with Crippen molar-refractivity contribution in [3.8, 4) is 0 Å². The molecular formula is C19H26O4. The summed E-state index contributed by atoms with van der Waals surface area (Å²) in [7, 11) is 0. The molecule has 0 unspecified atom stereocenters. The highest BCUT2D eigenvalue weighted by atomic mass is 16.6. The molecule has 5 atom stereocenters. The Morgan fingerprint density at radius 1 is 1.26 bits per heavy atom. The van der Waals surface area contributed by atoms with Crippen LogP contribution in [0.2, 0.25) is 0 Å². The van der Waals surface area contributed by atoms with Gasteiger partial charge in [-0.05, 0) is 32.6 Å². The van der Waals surface area contributed by atoms with E-state index in [0.29, 0.717) is 12.0 Å². The maximum absolute atomic E-state index is 12.1. The summed E-state index contributed by atoms with van der Waals surface area (Å²) in [6.45, 7) is 16.0. The van der Waals surface area contributed by atoms with E-state index in [-0.39, 0.29) is 29.4 Å². The van der Waals surface area contributed by atoms with Crippen LogP contribution in [0.25, 0.3) is 0 Å². The predicted octanol–water partition coefficient (Wildman–Crippen LogP) is 3.56. The van der Waals surface area contributed by atoms with Gasteiger partial charge < -0.3 is 9.47 Å². The maximum Gasteiger partial charge on any atom is 0.334 e. The molecule has 0 aromatic carbocycles. The zero-order valence-electron chi connectivity index (χ0n) is 14.5. The van der Waals surface area contributed by atoms with Gasteiger partial charge in [0, 0.05) is 29.2 Å². The Labute approximate surface area is 137 Å². The van der Waals surface area contributed by atoms with Crippen molar-refractivity contribution < 1.29 is 19.1 Å². The van der Waals surface area contributed by atoms with E-state index in [9.17, 15) is 9.59 Å². The summed E-state index contributed by atoms with van der Waals surface area (Å²) >= 11 is 0. The molecule has 0 N–H and O–H groups in total. The Bertz CT molecular complexity index is 621. The molecule has 3 rings (SSSR count). The van der Waals surface area contributed by atoms with Crippen molar-refractivity contribution in [2.45, 2.75) is 65.1 Å². The Morgan fingerprint density at radius 2 is 1.91 bits per heavy atom. The third-order valence-corrected chi connectivity index (χ3v) is 7.15. The molecule has 4 heteroatoms. The molecule has 3 fully saturated rings. The summed E-state index contributed by atoms with van der Waals surface area (Å²) in [5.74, 6) is -0.588. The van der Waals surface area contributed by atoms with Gasteiger partial charge in [-0.15, -0.1) is 0 Å². The lowest BCUT2D eigenvalue weighted by atomic mass is 9.56. The zero-order chi connectivity index (χ0) is 17.2. The second-order valence-electron chi connectivity index (χ2n) is 7.96. The number of ether oxygens (including phenoxy) is 2. The van der Waals surface area contributed by atoms with Gasteiger partial charge in [-0.25, -0.2) is 4.79 Å². The fourth-order valence-corrected chi connectivity index (χ4v) is 5.28. The Hall–Kier alpha value is -1.58. The highest BCUT2D eigenvalue weighted by molar-refractivity contribution is 5.91. The highest BCUT2D eigenvalue weighted by Gasteiger charge is 2.69. The van der Waals surface area contributed by atoms with Gasteiger partial charge in [0.15, 0.2) is 0 Å². The molecule has 0 aromatic heterocycles. The van der Waals surface area contributed by atoms with Crippen LogP contribution in [0.3, 0.4) is 0 Å². The number of hydrogen-bond acceptors (Lipinski definition) is 4. The summed E-state index contributed by atoms with van der Waals surface area (Å²) in [6, 6.07) is 0. The lowest BCUT2D eigenvalue weighted by molar-refractivity contribution is -0.188. The van der Waals surface area contributed by atoms with Crippen LogP contribution in [0.1, 0.15) is 53.4 Å². The molecular weight excluding hydrogens is 292 g/mol. The number of hydrogen-bond donors (Lipinski definition) is 0. The lowest BCUT2D eigenvalue weighted by Gasteiger charge is -2.52. The van der Waals surface area contributed by atoms with Crippen molar-refractivity contribution in [2.75, 3.05) is 0 Å². The molecule has 0 amide bonds. The van der Waals surface area contributed by atoms with Gasteiger partial charge in [0.1, 0.15) is 11.7 Å². The number of fused-ring (bicyclic) bond motifs is 3. The van der Waals surface area contributed by atoms with Crippen molar-refractivity contribution in [3.63, 3.8) is 0 Å². The second-order valence-corrected chi connectivity index (χ2v) is 7.96. The maximum atomic E-state index is 12.1. The summed E-state index contributed by atoms with van der Waals surface area (Å²) < 4.78 is 11.6. The van der Waals surface area contributed by atoms with Crippen molar-refractivity contribution in [1.82, 2.24) is 0 Å². The summed E-state index contributed by atoms with van der Waals surface area (Å²) in [5, 5.41) is 0. The molecule has 23 heavy (non-hydrogen) atoms. The molecule has 1 heterocycles. The number of esters is 2. The Morgan fingerprint density at radius 3 is 2.52 bits per heavy atom. The molecule has 2 aliphatic carbocycles. The van der Waals surface area contributed by atoms with Gasteiger partial charge in [0.05, 0.1) is 0 Å². The van der Waals surface area contributed by atoms with Crippen LogP contribution in [0.5, 0.6) is 0 Å². The van der Waals surface area contributed by atoms with E-state index in [1.807, 2.05) is 6.92 Å². The molecule has 0 aromatic rings. The van der Waals surface area contributed by atoms with E-state index in [1.165, 1.54) is 6.92 Å². The van der Waals surface area contributed by atoms with E-state index in [2.05, 4.69) is 27.0 Å². The Kier molecular flexibility index (Phi) is 3.34. The van der Waals surface area contributed by atoms with Crippen molar-refractivity contribution in [1.29, 1.82) is 0 Å². The quantitative estimate of drug-likeness (QED) is 0.421. The second kappa shape index (κ2) is 4.71. The Balaban J connectivity index is 2.17. The minimum atomic E-state index is -0.607. The summed E-state index contributed by atoms with van der Waals surface area (Å²) in [4.78, 5) is 23.9. The molecule has 2 saturated carbocycles. The van der Waals surface area contributed by atoms with Gasteiger partial charge >= 0.3 is 11.9 Å². The fraction of sp³-hybridized carbons (Fsp3) is 0.684. The molecule has 0 spiro atoms. The van der Waals surface area contributed by atoms with Crippen molar-refractivity contribution in [3.05, 3.63) is 24.3 Å². The van der Waals surface area contributed by atoms with Gasteiger partial charge in [-0.1, -0.05) is 32.6 Å². The van der Waals surface area contributed by atoms with Crippen molar-refractivity contribution >= 4 is 11.9 Å². The summed E-state index contributed by atoms with van der Waals surface area (Å²) in [5.41, 5.74) is 0.271. The molecule has 4 nitrogen and oxygen atoms in total. The molecule has 1 saturated heterocycles. The highest BCUT2D eigenvalue weighted by Crippen LogP contribution is 2.68. The first kappa shape index (κ1) is 16.3. The van der Waals surface area contributed by atoms with Crippen LogP contribution in [-0.4, -0.2) is 23.6 Å². The lowest BCUT2D eigenvalue weighted by Crippen LogP contribution is -2.56. The minimum Gasteiger partial charge on any atom is -0.459 e. The van der Waals surface area contributed by atoms with Crippen LogP contribution in [0.15, 0.2) is 24.3 Å². The zero-order valence-corrected chi connectivity index (χ0v) is 14.5. The van der Waals surface area contributed by atoms with Crippen molar-refractivity contribution in [2.24, 2.45) is 16.7 Å². The van der Waals surface area contributed by atoms with E-state index >= 15 is 0 Å². The third-order valence-electron chi connectivity index (χ3n) is 7.15. The predicted molar refractivity (Wildman–Crippen MR) is 86.5 cm³/mol. The molecule has 0 bridgehead atoms. The minimum absolute atomic E-state index is 0.0286. The van der Waals surface area contributed by atoms with Crippen LogP contribution in [0.4, 0.5) is 0 Å². The number of rotatable bonds is 1. The van der Waals surface area contributed by atoms with Gasteiger partial charge in [-0.2, -0.15) is 0 Å². The number of carbonyl (C=O) groups excluding carboxylic acids is 2. The van der Waals surface area contributed by atoms with Crippen LogP contribution in [0, 0.1) is 16.7 Å². The van der Waals surface area contributed by atoms with Gasteiger partial charge in [0.25, 0.3) is 0 Å². The largest absolute Gasteiger partial charge is 0.459 e. The molecule has 0 radical (unpaired) electrons. The van der Waals surface area contributed by atoms with E-state index in [1.54, 1.807) is 0 Å². The summed E-state index contributed by atoms with van der Waals surface area (Å²) in [6.07, 6.45) is 2.90. The smallest absolute Gasteiger partial charge is 0.334 e. The third kappa shape index (κ3) is 1.84. The first-order valence-electron chi connectivity index (χ1n) is 8.34. The average Bonchev–Trinajstić information content (AvgIpc) is 2.85. The van der Waals surface area contributed by atoms with Gasteiger partial charge in [0.2, 0.25) is 0 Å².